The molecule has 7 nitrogen and oxygen atoms in total. The SMILES string of the molecule is NNC(=O)Cn1c(=O)oc2cccc(N)c21. The van der Waals surface area contributed by atoms with Crippen LogP contribution in [0.4, 0.5) is 5.69 Å². The van der Waals surface area contributed by atoms with Gasteiger partial charge in [0.2, 0.25) is 0 Å². The van der Waals surface area contributed by atoms with E-state index in [1.165, 1.54) is 0 Å². The van der Waals surface area contributed by atoms with Gasteiger partial charge >= 0.3 is 5.76 Å². The molecule has 0 unspecified atom stereocenters. The summed E-state index contributed by atoms with van der Waals surface area (Å²) < 4.78 is 6.06. The molecule has 7 heteroatoms. The quantitative estimate of drug-likeness (QED) is 0.265. The molecule has 1 heterocycles. The minimum absolute atomic E-state index is 0.226. The van der Waals surface area contributed by atoms with Crippen molar-refractivity contribution in [3.8, 4) is 0 Å². The van der Waals surface area contributed by atoms with Crippen molar-refractivity contribution < 1.29 is 9.21 Å². The van der Waals surface area contributed by atoms with Crippen LogP contribution < -0.4 is 22.8 Å². The first kappa shape index (κ1) is 10.2. The summed E-state index contributed by atoms with van der Waals surface area (Å²) in [6.45, 7) is -0.226. The molecule has 2 aromatic rings. The molecule has 0 bridgehead atoms. The molecule has 16 heavy (non-hydrogen) atoms. The zero-order chi connectivity index (χ0) is 11.7. The van der Waals surface area contributed by atoms with E-state index in [1.807, 2.05) is 5.43 Å². The first-order valence-corrected chi connectivity index (χ1v) is 4.50. The van der Waals surface area contributed by atoms with Gasteiger partial charge in [0.1, 0.15) is 12.1 Å². The number of fused-ring (bicyclic) bond motifs is 1. The van der Waals surface area contributed by atoms with Crippen molar-refractivity contribution in [1.82, 2.24) is 9.99 Å². The van der Waals surface area contributed by atoms with E-state index in [0.29, 0.717) is 16.8 Å². The molecule has 0 radical (unpaired) electrons. The number of oxazole rings is 1. The number of benzene rings is 1. The molecule has 0 aliphatic carbocycles. The summed E-state index contributed by atoms with van der Waals surface area (Å²) in [7, 11) is 0. The Morgan fingerprint density at radius 3 is 2.94 bits per heavy atom. The van der Waals surface area contributed by atoms with Crippen molar-refractivity contribution in [1.29, 1.82) is 0 Å². The largest absolute Gasteiger partial charge is 0.420 e. The number of hydrogen-bond acceptors (Lipinski definition) is 5. The van der Waals surface area contributed by atoms with Crippen LogP contribution in [0.3, 0.4) is 0 Å². The Kier molecular flexibility index (Phi) is 2.37. The van der Waals surface area contributed by atoms with Gasteiger partial charge in [-0.15, -0.1) is 0 Å². The maximum absolute atomic E-state index is 11.5. The molecule has 1 amide bonds. The average molecular weight is 222 g/mol. The number of nitrogens with one attached hydrogen (secondary N) is 1. The smallest absolute Gasteiger partial charge is 0.408 e. The van der Waals surface area contributed by atoms with Gasteiger partial charge in [0.25, 0.3) is 5.91 Å². The first-order valence-electron chi connectivity index (χ1n) is 4.50. The topological polar surface area (TPSA) is 116 Å². The van der Waals surface area contributed by atoms with Crippen LogP contribution in [0.5, 0.6) is 0 Å². The number of hydrazine groups is 1. The molecule has 0 saturated heterocycles. The number of carbonyl (C=O) groups excluding carboxylic acids is 1. The van der Waals surface area contributed by atoms with Crippen LogP contribution >= 0.6 is 0 Å². The summed E-state index contributed by atoms with van der Waals surface area (Å²) >= 11 is 0. The molecular formula is C9H10N4O3. The number of nitrogen functional groups attached to an aromatic ring is 1. The summed E-state index contributed by atoms with van der Waals surface area (Å²) in [5, 5.41) is 0. The third kappa shape index (κ3) is 1.52. The molecule has 84 valence electrons. The van der Waals surface area contributed by atoms with Gasteiger partial charge in [-0.1, -0.05) is 6.07 Å². The molecule has 1 aromatic heterocycles. The van der Waals surface area contributed by atoms with E-state index in [4.69, 9.17) is 16.0 Å². The van der Waals surface area contributed by atoms with Crippen LogP contribution in [0.1, 0.15) is 0 Å². The van der Waals surface area contributed by atoms with Crippen molar-refractivity contribution in [2.75, 3.05) is 5.73 Å². The molecule has 1 aromatic carbocycles. The highest BCUT2D eigenvalue weighted by atomic mass is 16.4. The third-order valence-corrected chi connectivity index (χ3v) is 2.18. The Labute approximate surface area is 89.6 Å². The molecule has 0 aliphatic rings. The lowest BCUT2D eigenvalue weighted by Crippen LogP contribution is -2.35. The Hall–Kier alpha value is -2.28. The molecule has 0 atom stereocenters. The number of rotatable bonds is 2. The van der Waals surface area contributed by atoms with Gasteiger partial charge in [-0.3, -0.25) is 14.8 Å². The number of aromatic nitrogens is 1. The minimum Gasteiger partial charge on any atom is -0.408 e. The monoisotopic (exact) mass is 222 g/mol. The lowest BCUT2D eigenvalue weighted by molar-refractivity contribution is -0.121. The lowest BCUT2D eigenvalue weighted by Gasteiger charge is -2.02. The van der Waals surface area contributed by atoms with Gasteiger partial charge in [0.05, 0.1) is 5.69 Å². The molecule has 2 rings (SSSR count). The highest BCUT2D eigenvalue weighted by Gasteiger charge is 2.13. The standard InChI is InChI=1S/C9H10N4O3/c10-5-2-1-3-6-8(5)13(9(15)16-6)4-7(14)12-11/h1-3H,4,10-11H2,(H,12,14). The van der Waals surface area contributed by atoms with E-state index in [9.17, 15) is 9.59 Å². The zero-order valence-electron chi connectivity index (χ0n) is 8.27. The fourth-order valence-electron chi connectivity index (χ4n) is 1.48. The maximum atomic E-state index is 11.5. The van der Waals surface area contributed by atoms with Crippen molar-refractivity contribution in [2.24, 2.45) is 5.84 Å². The van der Waals surface area contributed by atoms with Gasteiger partial charge in [-0.2, -0.15) is 0 Å². The van der Waals surface area contributed by atoms with Gasteiger partial charge < -0.3 is 10.2 Å². The fourth-order valence-corrected chi connectivity index (χ4v) is 1.48. The summed E-state index contributed by atoms with van der Waals surface area (Å²) in [4.78, 5) is 22.6. The molecule has 0 fully saturated rings. The minimum atomic E-state index is -0.642. The second-order valence-electron chi connectivity index (χ2n) is 3.22. The second kappa shape index (κ2) is 3.70. The number of carbonyl (C=O) groups is 1. The predicted molar refractivity (Wildman–Crippen MR) is 57.2 cm³/mol. The number of nitrogens with two attached hydrogens (primary N) is 2. The van der Waals surface area contributed by atoms with Crippen LogP contribution in [-0.2, 0) is 11.3 Å². The summed E-state index contributed by atoms with van der Waals surface area (Å²) in [6.07, 6.45) is 0. The van der Waals surface area contributed by atoms with Gasteiger partial charge in [-0.25, -0.2) is 10.6 Å². The number of nitrogens with zero attached hydrogens (tertiary/aromatic N) is 1. The van der Waals surface area contributed by atoms with Gasteiger partial charge in [-0.05, 0) is 12.1 Å². The Morgan fingerprint density at radius 2 is 2.25 bits per heavy atom. The molecule has 0 spiro atoms. The Balaban J connectivity index is 2.64. The van der Waals surface area contributed by atoms with E-state index < -0.39 is 11.7 Å². The summed E-state index contributed by atoms with van der Waals surface area (Å²) in [6, 6.07) is 4.88. The predicted octanol–water partition coefficient (Wildman–Crippen LogP) is -0.833. The Morgan fingerprint density at radius 1 is 1.50 bits per heavy atom. The lowest BCUT2D eigenvalue weighted by atomic mass is 10.3. The van der Waals surface area contributed by atoms with Crippen molar-refractivity contribution in [3.05, 3.63) is 28.7 Å². The van der Waals surface area contributed by atoms with E-state index in [0.717, 1.165) is 4.57 Å². The van der Waals surface area contributed by atoms with Crippen LogP contribution in [0.15, 0.2) is 27.4 Å². The van der Waals surface area contributed by atoms with Crippen LogP contribution in [0.25, 0.3) is 11.1 Å². The maximum Gasteiger partial charge on any atom is 0.420 e. The van der Waals surface area contributed by atoms with E-state index in [2.05, 4.69) is 0 Å². The average Bonchev–Trinajstić information content (AvgIpc) is 2.56. The summed E-state index contributed by atoms with van der Waals surface area (Å²) in [5.74, 6) is 3.80. The zero-order valence-corrected chi connectivity index (χ0v) is 8.27. The van der Waals surface area contributed by atoms with Crippen molar-refractivity contribution in [3.63, 3.8) is 0 Å². The normalized spacial score (nSPS) is 10.6. The second-order valence-corrected chi connectivity index (χ2v) is 3.22. The summed E-state index contributed by atoms with van der Waals surface area (Å²) in [5.41, 5.74) is 8.75. The Bertz CT molecular complexity index is 598. The van der Waals surface area contributed by atoms with Crippen molar-refractivity contribution in [2.45, 2.75) is 6.54 Å². The molecular weight excluding hydrogens is 212 g/mol. The highest BCUT2D eigenvalue weighted by Crippen LogP contribution is 2.19. The van der Waals surface area contributed by atoms with Gasteiger partial charge in [0, 0.05) is 0 Å². The molecule has 0 saturated carbocycles. The highest BCUT2D eigenvalue weighted by molar-refractivity contribution is 5.87. The van der Waals surface area contributed by atoms with Crippen LogP contribution in [-0.4, -0.2) is 10.5 Å². The van der Waals surface area contributed by atoms with Gasteiger partial charge in [0.15, 0.2) is 5.58 Å². The first-order chi connectivity index (χ1) is 7.63. The van der Waals surface area contributed by atoms with Crippen LogP contribution in [0, 0.1) is 0 Å². The number of anilines is 1. The van der Waals surface area contributed by atoms with E-state index >= 15 is 0 Å². The van der Waals surface area contributed by atoms with Crippen molar-refractivity contribution >= 4 is 22.7 Å². The third-order valence-electron chi connectivity index (χ3n) is 2.18. The molecule has 5 N–H and O–H groups in total. The number of para-hydroxylation sites is 1. The van der Waals surface area contributed by atoms with Crippen LogP contribution in [0.2, 0.25) is 0 Å². The fraction of sp³-hybridized carbons (Fsp3) is 0.111. The molecule has 0 aliphatic heterocycles. The van der Waals surface area contributed by atoms with E-state index in [-0.39, 0.29) is 6.54 Å². The van der Waals surface area contributed by atoms with E-state index in [1.54, 1.807) is 18.2 Å². The number of hydrogen-bond donors (Lipinski definition) is 3. The number of amides is 1.